The van der Waals surface area contributed by atoms with E-state index in [-0.39, 0.29) is 24.3 Å². The number of rotatable bonds is 7. The van der Waals surface area contributed by atoms with Crippen LogP contribution >= 0.6 is 0 Å². The SMILES string of the molecule is COc1cc(/C=C/C(=O)NC(CO)CC(C)C)ccc1F. The van der Waals surface area contributed by atoms with Crippen molar-refractivity contribution in [1.29, 1.82) is 0 Å². The maximum Gasteiger partial charge on any atom is 0.244 e. The van der Waals surface area contributed by atoms with Crippen molar-refractivity contribution >= 4 is 12.0 Å². The Labute approximate surface area is 124 Å². The average Bonchev–Trinajstić information content (AvgIpc) is 2.45. The molecule has 0 spiro atoms. The van der Waals surface area contributed by atoms with Gasteiger partial charge in [0.1, 0.15) is 0 Å². The Balaban J connectivity index is 2.65. The molecular formula is C16H22FNO3. The van der Waals surface area contributed by atoms with Gasteiger partial charge in [0.25, 0.3) is 0 Å². The molecule has 0 saturated carbocycles. The van der Waals surface area contributed by atoms with Gasteiger partial charge in [-0.05, 0) is 36.1 Å². The van der Waals surface area contributed by atoms with Crippen molar-refractivity contribution in [3.63, 3.8) is 0 Å². The molecule has 1 rings (SSSR count). The van der Waals surface area contributed by atoms with Crippen molar-refractivity contribution in [3.8, 4) is 5.75 Å². The lowest BCUT2D eigenvalue weighted by molar-refractivity contribution is -0.117. The molecule has 0 aliphatic carbocycles. The van der Waals surface area contributed by atoms with E-state index in [0.29, 0.717) is 17.9 Å². The third kappa shape index (κ3) is 5.95. The topological polar surface area (TPSA) is 58.6 Å². The fourth-order valence-corrected chi connectivity index (χ4v) is 1.95. The van der Waals surface area contributed by atoms with Crippen LogP contribution in [0.3, 0.4) is 0 Å². The van der Waals surface area contributed by atoms with Gasteiger partial charge in [-0.25, -0.2) is 4.39 Å². The summed E-state index contributed by atoms with van der Waals surface area (Å²) in [5.74, 6) is -0.229. The molecule has 0 saturated heterocycles. The largest absolute Gasteiger partial charge is 0.494 e. The predicted octanol–water partition coefficient (Wildman–Crippen LogP) is 2.37. The lowest BCUT2D eigenvalue weighted by Crippen LogP contribution is -2.37. The van der Waals surface area contributed by atoms with Crippen LogP contribution in [0.2, 0.25) is 0 Å². The second-order valence-corrected chi connectivity index (χ2v) is 5.24. The summed E-state index contributed by atoms with van der Waals surface area (Å²) in [4.78, 5) is 11.8. The normalized spacial score (nSPS) is 12.7. The minimum atomic E-state index is -0.448. The molecule has 1 amide bonds. The number of carbonyl (C=O) groups excluding carboxylic acids is 1. The fourth-order valence-electron chi connectivity index (χ4n) is 1.95. The van der Waals surface area contributed by atoms with Crippen LogP contribution in [-0.2, 0) is 4.79 Å². The number of hydrogen-bond donors (Lipinski definition) is 2. The van der Waals surface area contributed by atoms with Crippen LogP contribution in [0, 0.1) is 11.7 Å². The number of methoxy groups -OCH3 is 1. The molecule has 0 aliphatic rings. The number of aliphatic hydroxyl groups excluding tert-OH is 1. The highest BCUT2D eigenvalue weighted by Gasteiger charge is 2.11. The Morgan fingerprint density at radius 1 is 1.48 bits per heavy atom. The summed E-state index contributed by atoms with van der Waals surface area (Å²) in [7, 11) is 1.39. The van der Waals surface area contributed by atoms with E-state index in [0.717, 1.165) is 0 Å². The molecule has 5 heteroatoms. The molecule has 116 valence electrons. The van der Waals surface area contributed by atoms with Crippen LogP contribution in [0.1, 0.15) is 25.8 Å². The van der Waals surface area contributed by atoms with Crippen LogP contribution in [0.25, 0.3) is 6.08 Å². The summed E-state index contributed by atoms with van der Waals surface area (Å²) < 4.78 is 18.1. The molecular weight excluding hydrogens is 273 g/mol. The van der Waals surface area contributed by atoms with E-state index < -0.39 is 5.82 Å². The number of carbonyl (C=O) groups is 1. The maximum atomic E-state index is 13.3. The summed E-state index contributed by atoms with van der Waals surface area (Å²) in [6, 6.07) is 4.09. The first-order valence-electron chi connectivity index (χ1n) is 6.89. The maximum absolute atomic E-state index is 13.3. The predicted molar refractivity (Wildman–Crippen MR) is 80.5 cm³/mol. The number of benzene rings is 1. The van der Waals surface area contributed by atoms with Crippen LogP contribution in [-0.4, -0.2) is 30.8 Å². The zero-order valence-corrected chi connectivity index (χ0v) is 12.6. The quantitative estimate of drug-likeness (QED) is 0.759. The second-order valence-electron chi connectivity index (χ2n) is 5.24. The van der Waals surface area contributed by atoms with Gasteiger partial charge >= 0.3 is 0 Å². The minimum Gasteiger partial charge on any atom is -0.494 e. The van der Waals surface area contributed by atoms with Crippen molar-refractivity contribution in [1.82, 2.24) is 5.32 Å². The standard InChI is InChI=1S/C16H22FNO3/c1-11(2)8-13(10-19)18-16(20)7-5-12-4-6-14(17)15(9-12)21-3/h4-7,9,11,13,19H,8,10H2,1-3H3,(H,18,20)/b7-5+. The van der Waals surface area contributed by atoms with Crippen molar-refractivity contribution in [3.05, 3.63) is 35.7 Å². The zero-order valence-electron chi connectivity index (χ0n) is 12.6. The van der Waals surface area contributed by atoms with Gasteiger partial charge in [-0.2, -0.15) is 0 Å². The summed E-state index contributed by atoms with van der Waals surface area (Å²) >= 11 is 0. The smallest absolute Gasteiger partial charge is 0.244 e. The molecule has 0 bridgehead atoms. The highest BCUT2D eigenvalue weighted by atomic mass is 19.1. The minimum absolute atomic E-state index is 0.0951. The molecule has 21 heavy (non-hydrogen) atoms. The molecule has 0 heterocycles. The van der Waals surface area contributed by atoms with E-state index in [1.807, 2.05) is 13.8 Å². The molecule has 0 fully saturated rings. The molecule has 0 aliphatic heterocycles. The van der Waals surface area contributed by atoms with Crippen molar-refractivity contribution in [2.45, 2.75) is 26.3 Å². The number of nitrogens with one attached hydrogen (secondary N) is 1. The molecule has 1 unspecified atom stereocenters. The number of aliphatic hydroxyl groups is 1. The highest BCUT2D eigenvalue weighted by Crippen LogP contribution is 2.18. The highest BCUT2D eigenvalue weighted by molar-refractivity contribution is 5.91. The Bertz CT molecular complexity index is 500. The van der Waals surface area contributed by atoms with Gasteiger partial charge in [0.15, 0.2) is 11.6 Å². The molecule has 0 aromatic heterocycles. The van der Waals surface area contributed by atoms with Gasteiger partial charge < -0.3 is 15.2 Å². The molecule has 4 nitrogen and oxygen atoms in total. The first kappa shape index (κ1) is 17.2. The summed E-state index contributed by atoms with van der Waals surface area (Å²) in [6.45, 7) is 3.95. The van der Waals surface area contributed by atoms with E-state index in [1.165, 1.54) is 25.3 Å². The Morgan fingerprint density at radius 2 is 2.19 bits per heavy atom. The molecule has 2 N–H and O–H groups in total. The van der Waals surface area contributed by atoms with Crippen LogP contribution in [0.15, 0.2) is 24.3 Å². The van der Waals surface area contributed by atoms with Crippen molar-refractivity contribution in [2.75, 3.05) is 13.7 Å². The number of halogens is 1. The zero-order chi connectivity index (χ0) is 15.8. The molecule has 1 aromatic rings. The van der Waals surface area contributed by atoms with E-state index in [9.17, 15) is 14.3 Å². The van der Waals surface area contributed by atoms with Crippen molar-refractivity contribution < 1.29 is 19.0 Å². The number of amides is 1. The first-order chi connectivity index (χ1) is 9.96. The van der Waals surface area contributed by atoms with E-state index in [2.05, 4.69) is 5.32 Å². The third-order valence-electron chi connectivity index (χ3n) is 2.93. The lowest BCUT2D eigenvalue weighted by atomic mass is 10.0. The molecule has 1 atom stereocenters. The second kappa shape index (κ2) is 8.42. The lowest BCUT2D eigenvalue weighted by Gasteiger charge is -2.17. The van der Waals surface area contributed by atoms with Gasteiger partial charge in [-0.3, -0.25) is 4.79 Å². The third-order valence-corrected chi connectivity index (χ3v) is 2.93. The Morgan fingerprint density at radius 3 is 2.76 bits per heavy atom. The van der Waals surface area contributed by atoms with Crippen LogP contribution in [0.5, 0.6) is 5.75 Å². The van der Waals surface area contributed by atoms with E-state index in [1.54, 1.807) is 12.1 Å². The molecule has 0 radical (unpaired) electrons. The summed E-state index contributed by atoms with van der Waals surface area (Å²) in [6.07, 6.45) is 3.64. The van der Waals surface area contributed by atoms with Gasteiger partial charge in [0, 0.05) is 6.08 Å². The fraction of sp³-hybridized carbons (Fsp3) is 0.438. The van der Waals surface area contributed by atoms with Gasteiger partial charge in [-0.15, -0.1) is 0 Å². The average molecular weight is 295 g/mol. The molecule has 1 aromatic carbocycles. The summed E-state index contributed by atoms with van der Waals surface area (Å²) in [5.41, 5.74) is 0.660. The monoisotopic (exact) mass is 295 g/mol. The number of ether oxygens (including phenoxy) is 1. The Kier molecular flexibility index (Phi) is 6.88. The first-order valence-corrected chi connectivity index (χ1v) is 6.89. The Hall–Kier alpha value is -1.88. The van der Waals surface area contributed by atoms with Crippen molar-refractivity contribution in [2.24, 2.45) is 5.92 Å². The van der Waals surface area contributed by atoms with Crippen LogP contribution in [0.4, 0.5) is 4.39 Å². The summed E-state index contributed by atoms with van der Waals surface area (Å²) in [5, 5.41) is 11.9. The van der Waals surface area contributed by atoms with E-state index >= 15 is 0 Å². The van der Waals surface area contributed by atoms with Gasteiger partial charge in [0.2, 0.25) is 5.91 Å². The van der Waals surface area contributed by atoms with Gasteiger partial charge in [-0.1, -0.05) is 19.9 Å². The van der Waals surface area contributed by atoms with Crippen LogP contribution < -0.4 is 10.1 Å². The van der Waals surface area contributed by atoms with Gasteiger partial charge in [0.05, 0.1) is 19.8 Å². The van der Waals surface area contributed by atoms with E-state index in [4.69, 9.17) is 4.74 Å². The number of hydrogen-bond acceptors (Lipinski definition) is 3.